The van der Waals surface area contributed by atoms with Gasteiger partial charge in [0.05, 0.1) is 12.1 Å². The highest BCUT2D eigenvalue weighted by atomic mass is 32.1. The van der Waals surface area contributed by atoms with E-state index < -0.39 is 0 Å². The Bertz CT molecular complexity index is 1130. The molecule has 9 heteroatoms. The second-order valence-electron chi connectivity index (χ2n) is 9.32. The molecule has 0 amide bonds. The summed E-state index contributed by atoms with van der Waals surface area (Å²) in [6.07, 6.45) is 0. The molecule has 1 aliphatic heterocycles. The van der Waals surface area contributed by atoms with Gasteiger partial charge in [0.15, 0.2) is 5.11 Å². The Morgan fingerprint density at radius 3 is 2.23 bits per heavy atom. The van der Waals surface area contributed by atoms with E-state index >= 15 is 0 Å². The molecule has 2 heterocycles. The van der Waals surface area contributed by atoms with Crippen molar-refractivity contribution in [2.75, 3.05) is 50.0 Å². The van der Waals surface area contributed by atoms with E-state index in [1.807, 2.05) is 0 Å². The molecule has 0 atom stereocenters. The molecular weight excluding hydrogens is 468 g/mol. The summed E-state index contributed by atoms with van der Waals surface area (Å²) in [5.74, 6) is 0.454. The predicted octanol–water partition coefficient (Wildman–Crippen LogP) is 5.23. The molecule has 6 nitrogen and oxygen atoms in total. The van der Waals surface area contributed by atoms with Gasteiger partial charge in [-0.05, 0) is 73.7 Å². The van der Waals surface area contributed by atoms with Crippen molar-refractivity contribution in [2.24, 2.45) is 5.92 Å². The van der Waals surface area contributed by atoms with Crippen LogP contribution in [0.4, 0.5) is 20.4 Å². The average molecular weight is 500 g/mol. The number of aromatic nitrogens is 1. The van der Waals surface area contributed by atoms with Crippen molar-refractivity contribution >= 4 is 28.9 Å². The van der Waals surface area contributed by atoms with Crippen LogP contribution in [0.5, 0.6) is 0 Å². The monoisotopic (exact) mass is 499 g/mol. The molecule has 0 radical (unpaired) electrons. The fourth-order valence-corrected chi connectivity index (χ4v) is 4.38. The Balaban J connectivity index is 1.66. The van der Waals surface area contributed by atoms with E-state index in [1.165, 1.54) is 24.3 Å². The molecule has 0 spiro atoms. The minimum atomic E-state index is -0.302. The second-order valence-corrected chi connectivity index (χ2v) is 9.71. The van der Waals surface area contributed by atoms with Crippen LogP contribution < -0.4 is 10.2 Å². The Hall–Kier alpha value is -3.04. The highest BCUT2D eigenvalue weighted by molar-refractivity contribution is 7.80. The van der Waals surface area contributed by atoms with Gasteiger partial charge in [-0.25, -0.2) is 8.78 Å². The summed E-state index contributed by atoms with van der Waals surface area (Å²) in [6, 6.07) is 12.4. The Morgan fingerprint density at radius 1 is 1.03 bits per heavy atom. The quantitative estimate of drug-likeness (QED) is 0.447. The van der Waals surface area contributed by atoms with Gasteiger partial charge in [-0.2, -0.15) is 0 Å². The van der Waals surface area contributed by atoms with Crippen LogP contribution in [0.2, 0.25) is 0 Å². The van der Waals surface area contributed by atoms with Crippen molar-refractivity contribution in [3.63, 3.8) is 0 Å². The second kappa shape index (κ2) is 11.1. The number of likely N-dealkylation sites (N-methyl/N-ethyl adjacent to an activating group) is 1. The third-order valence-corrected chi connectivity index (χ3v) is 6.35. The predicted molar refractivity (Wildman–Crippen MR) is 139 cm³/mol. The maximum Gasteiger partial charge on any atom is 0.232 e. The summed E-state index contributed by atoms with van der Waals surface area (Å²) in [7, 11) is 2.10. The maximum atomic E-state index is 13.6. The standard InChI is InChI=1S/C26H31F2N5OS/c1-18(2)16-33(26(35)29-22-10-8-21(28)9-11-22)17-23-24(19-4-6-20(27)7-5-19)30-34-25(23)32-14-12-31(3)13-15-32/h4-11,18H,12-17H2,1-3H3,(H,29,35). The zero-order chi connectivity index (χ0) is 24.9. The number of hydrogen-bond donors (Lipinski definition) is 1. The molecule has 35 heavy (non-hydrogen) atoms. The zero-order valence-electron chi connectivity index (χ0n) is 20.3. The lowest BCUT2D eigenvalue weighted by Gasteiger charge is -2.33. The highest BCUT2D eigenvalue weighted by Gasteiger charge is 2.27. The number of thiocarbonyl (C=S) groups is 1. The number of rotatable bonds is 7. The summed E-state index contributed by atoms with van der Waals surface area (Å²) in [4.78, 5) is 6.56. The molecule has 1 aromatic heterocycles. The summed E-state index contributed by atoms with van der Waals surface area (Å²) in [5.41, 5.74) is 3.09. The van der Waals surface area contributed by atoms with Crippen molar-refractivity contribution in [3.05, 3.63) is 65.7 Å². The first-order chi connectivity index (χ1) is 16.8. The van der Waals surface area contributed by atoms with Gasteiger partial charge >= 0.3 is 0 Å². The van der Waals surface area contributed by atoms with Crippen LogP contribution in [0, 0.1) is 17.6 Å². The first-order valence-corrected chi connectivity index (χ1v) is 12.2. The van der Waals surface area contributed by atoms with Gasteiger partial charge in [-0.15, -0.1) is 0 Å². The number of benzene rings is 2. The molecule has 1 N–H and O–H groups in total. The molecule has 0 aliphatic carbocycles. The van der Waals surface area contributed by atoms with Crippen LogP contribution in [-0.2, 0) is 6.54 Å². The van der Waals surface area contributed by atoms with Gasteiger partial charge in [0, 0.05) is 44.0 Å². The summed E-state index contributed by atoms with van der Waals surface area (Å²) in [6.45, 7) is 8.91. The normalized spacial score (nSPS) is 14.4. The number of nitrogens with one attached hydrogen (secondary N) is 1. The molecule has 0 bridgehead atoms. The summed E-state index contributed by atoms with van der Waals surface area (Å²) in [5, 5.41) is 8.17. The van der Waals surface area contributed by atoms with Gasteiger partial charge in [0.1, 0.15) is 17.3 Å². The first kappa shape index (κ1) is 25.1. The first-order valence-electron chi connectivity index (χ1n) is 11.8. The number of nitrogens with zero attached hydrogens (tertiary/aromatic N) is 4. The molecule has 4 rings (SSSR count). The number of anilines is 2. The van der Waals surface area contributed by atoms with E-state index in [2.05, 4.69) is 46.1 Å². The highest BCUT2D eigenvalue weighted by Crippen LogP contribution is 2.33. The summed E-state index contributed by atoms with van der Waals surface area (Å²) < 4.78 is 32.9. The van der Waals surface area contributed by atoms with Crippen molar-refractivity contribution in [1.82, 2.24) is 15.0 Å². The Morgan fingerprint density at radius 2 is 1.63 bits per heavy atom. The van der Waals surface area contributed by atoms with Gasteiger partial charge in [0.25, 0.3) is 0 Å². The van der Waals surface area contributed by atoms with Crippen LogP contribution in [0.1, 0.15) is 19.4 Å². The lowest BCUT2D eigenvalue weighted by atomic mass is 10.1. The minimum Gasteiger partial charge on any atom is -0.344 e. The van der Waals surface area contributed by atoms with E-state index in [1.54, 1.807) is 24.3 Å². The largest absolute Gasteiger partial charge is 0.344 e. The lowest BCUT2D eigenvalue weighted by molar-refractivity contribution is 0.298. The van der Waals surface area contributed by atoms with Crippen LogP contribution in [0.25, 0.3) is 11.3 Å². The fourth-order valence-electron chi connectivity index (χ4n) is 4.12. The number of piperazine rings is 1. The molecule has 0 saturated carbocycles. The third-order valence-electron chi connectivity index (χ3n) is 5.99. The Kier molecular flexibility index (Phi) is 7.97. The zero-order valence-corrected chi connectivity index (χ0v) is 21.1. The molecule has 0 unspecified atom stereocenters. The molecule has 3 aromatic rings. The van der Waals surface area contributed by atoms with Crippen molar-refractivity contribution in [2.45, 2.75) is 20.4 Å². The molecular formula is C26H31F2N5OS. The molecule has 1 saturated heterocycles. The van der Waals surface area contributed by atoms with Crippen LogP contribution in [0.15, 0.2) is 53.1 Å². The SMILES string of the molecule is CC(C)CN(Cc1c(-c2ccc(F)cc2)noc1N1CCN(C)CC1)C(=S)Nc1ccc(F)cc1. The van der Waals surface area contributed by atoms with Crippen LogP contribution in [0.3, 0.4) is 0 Å². The van der Waals surface area contributed by atoms with E-state index in [0.29, 0.717) is 35.5 Å². The Labute approximate surface area is 210 Å². The van der Waals surface area contributed by atoms with Crippen molar-refractivity contribution in [1.29, 1.82) is 0 Å². The number of hydrogen-bond acceptors (Lipinski definition) is 5. The topological polar surface area (TPSA) is 47.8 Å². The lowest BCUT2D eigenvalue weighted by Crippen LogP contribution is -2.45. The molecule has 1 aliphatic rings. The van der Waals surface area contributed by atoms with Crippen LogP contribution >= 0.6 is 12.2 Å². The van der Waals surface area contributed by atoms with E-state index in [-0.39, 0.29) is 11.6 Å². The van der Waals surface area contributed by atoms with Crippen molar-refractivity contribution in [3.8, 4) is 11.3 Å². The average Bonchev–Trinajstić information content (AvgIpc) is 3.24. The van der Waals surface area contributed by atoms with Crippen LogP contribution in [-0.4, -0.2) is 59.8 Å². The molecule has 2 aromatic carbocycles. The fraction of sp³-hybridized carbons (Fsp3) is 0.385. The third kappa shape index (κ3) is 6.35. The minimum absolute atomic E-state index is 0.300. The smallest absolute Gasteiger partial charge is 0.232 e. The van der Waals surface area contributed by atoms with Gasteiger partial charge in [-0.1, -0.05) is 19.0 Å². The molecule has 186 valence electrons. The van der Waals surface area contributed by atoms with E-state index in [9.17, 15) is 8.78 Å². The van der Waals surface area contributed by atoms with E-state index in [0.717, 1.165) is 43.2 Å². The number of halogens is 2. The van der Waals surface area contributed by atoms with Gasteiger partial charge in [-0.3, -0.25) is 0 Å². The van der Waals surface area contributed by atoms with E-state index in [4.69, 9.17) is 16.7 Å². The van der Waals surface area contributed by atoms with Gasteiger partial charge in [0.2, 0.25) is 5.88 Å². The van der Waals surface area contributed by atoms with Gasteiger partial charge < -0.3 is 24.5 Å². The molecule has 1 fully saturated rings. The maximum absolute atomic E-state index is 13.6. The van der Waals surface area contributed by atoms with Crippen molar-refractivity contribution < 1.29 is 13.3 Å². The summed E-state index contributed by atoms with van der Waals surface area (Å²) >= 11 is 5.77.